The van der Waals surface area contributed by atoms with Crippen molar-refractivity contribution in [2.75, 3.05) is 19.6 Å². The molecule has 0 bridgehead atoms. The third kappa shape index (κ3) is 7.71. The Kier molecular flexibility index (Phi) is 10.4. The molecule has 0 unspecified atom stereocenters. The van der Waals surface area contributed by atoms with Crippen LogP contribution in [0.5, 0.6) is 5.75 Å². The fourth-order valence-corrected chi connectivity index (χ4v) is 7.57. The van der Waals surface area contributed by atoms with Crippen LogP contribution in [0.2, 0.25) is 0 Å². The molecule has 0 saturated carbocycles. The highest BCUT2D eigenvalue weighted by Crippen LogP contribution is 2.41. The summed E-state index contributed by atoms with van der Waals surface area (Å²) in [4.78, 5) is 36.4. The second-order valence-corrected chi connectivity index (χ2v) is 13.1. The Bertz CT molecular complexity index is 1530. The molecule has 2 saturated heterocycles. The average molecular weight is 680 g/mol. The Morgan fingerprint density at radius 1 is 0.936 bits per heavy atom. The summed E-state index contributed by atoms with van der Waals surface area (Å²) in [5, 5.41) is 0.246. The molecule has 3 heterocycles. The van der Waals surface area contributed by atoms with E-state index in [9.17, 15) is 35.9 Å². The molecule has 13 heteroatoms. The summed E-state index contributed by atoms with van der Waals surface area (Å²) in [6.45, 7) is 2.66. The Labute approximate surface area is 273 Å². The zero-order valence-corrected chi connectivity index (χ0v) is 26.5. The highest BCUT2D eigenvalue weighted by molar-refractivity contribution is 8.00. The van der Waals surface area contributed by atoms with Gasteiger partial charge in [0.25, 0.3) is 11.8 Å². The van der Waals surface area contributed by atoms with Gasteiger partial charge in [-0.05, 0) is 68.1 Å². The van der Waals surface area contributed by atoms with Crippen molar-refractivity contribution >= 4 is 23.6 Å². The number of nitrogens with zero attached hydrogens (tertiary/aromatic N) is 3. The summed E-state index contributed by atoms with van der Waals surface area (Å²) in [7, 11) is 0. The lowest BCUT2D eigenvalue weighted by molar-refractivity contribution is -0.160. The standard InChI is InChI=1S/C34H35F6N3O3S/c1-2-7-29-32(46-24-12-10-23(11-13-24)33(35,36)37,31(45)42-20-15-26(16-21-42)47-25-8-4-3-5-9-25)17-6-19-43(29)30(44)27-22-41-18-14-28(27)34(38,39)40/h3-5,8-14,18,22,26,29H,2,6-7,15-17,19-21H2,1H3/t29-,32+/m1/s1. The number of rotatable bonds is 8. The summed E-state index contributed by atoms with van der Waals surface area (Å²) < 4.78 is 88.3. The van der Waals surface area contributed by atoms with E-state index in [1.165, 1.54) is 4.90 Å². The van der Waals surface area contributed by atoms with Crippen molar-refractivity contribution in [3.05, 3.63) is 89.7 Å². The number of amides is 2. The topological polar surface area (TPSA) is 62.7 Å². The van der Waals surface area contributed by atoms with Gasteiger partial charge in [0.05, 0.1) is 22.7 Å². The highest BCUT2D eigenvalue weighted by Gasteiger charge is 2.56. The smallest absolute Gasteiger partial charge is 0.417 e. The van der Waals surface area contributed by atoms with Gasteiger partial charge in [-0.15, -0.1) is 11.8 Å². The van der Waals surface area contributed by atoms with Crippen molar-refractivity contribution in [2.24, 2.45) is 0 Å². The van der Waals surface area contributed by atoms with Crippen LogP contribution in [-0.4, -0.2) is 63.1 Å². The molecule has 252 valence electrons. The second-order valence-electron chi connectivity index (χ2n) is 11.8. The zero-order chi connectivity index (χ0) is 33.8. The molecule has 2 atom stereocenters. The molecular formula is C34H35F6N3O3S. The van der Waals surface area contributed by atoms with E-state index in [0.717, 1.165) is 47.6 Å². The number of aromatic nitrogens is 1. The molecule has 2 aliphatic heterocycles. The summed E-state index contributed by atoms with van der Waals surface area (Å²) in [6.07, 6.45) is -5.23. The van der Waals surface area contributed by atoms with Gasteiger partial charge in [-0.2, -0.15) is 26.3 Å². The molecule has 2 aromatic carbocycles. The number of hydrogen-bond donors (Lipinski definition) is 0. The first-order valence-corrected chi connectivity index (χ1v) is 16.4. The molecule has 0 radical (unpaired) electrons. The van der Waals surface area contributed by atoms with Crippen LogP contribution >= 0.6 is 11.8 Å². The molecule has 0 aliphatic carbocycles. The minimum atomic E-state index is -4.82. The number of carbonyl (C=O) groups excluding carboxylic acids is 2. The number of likely N-dealkylation sites (tertiary alicyclic amines) is 2. The molecule has 2 fully saturated rings. The maximum atomic E-state index is 14.7. The first-order chi connectivity index (χ1) is 22.3. The monoisotopic (exact) mass is 679 g/mol. The Hall–Kier alpha value is -3.74. The van der Waals surface area contributed by atoms with E-state index < -0.39 is 52.5 Å². The van der Waals surface area contributed by atoms with Crippen molar-refractivity contribution in [1.29, 1.82) is 0 Å². The number of pyridine rings is 1. The Morgan fingerprint density at radius 2 is 1.62 bits per heavy atom. The molecule has 6 nitrogen and oxygen atoms in total. The first-order valence-electron chi connectivity index (χ1n) is 15.5. The van der Waals surface area contributed by atoms with Gasteiger partial charge in [0.15, 0.2) is 0 Å². The number of ether oxygens (including phenoxy) is 1. The predicted molar refractivity (Wildman–Crippen MR) is 165 cm³/mol. The van der Waals surface area contributed by atoms with Gasteiger partial charge in [0.1, 0.15) is 5.75 Å². The lowest BCUT2D eigenvalue weighted by Crippen LogP contribution is -2.68. The maximum absolute atomic E-state index is 14.7. The summed E-state index contributed by atoms with van der Waals surface area (Å²) in [6, 6.07) is 13.6. The molecule has 1 aromatic heterocycles. The van der Waals surface area contributed by atoms with Crippen LogP contribution in [0.3, 0.4) is 0 Å². The van der Waals surface area contributed by atoms with Crippen LogP contribution in [0.1, 0.15) is 66.9 Å². The van der Waals surface area contributed by atoms with Gasteiger partial charge in [0, 0.05) is 48.6 Å². The lowest BCUT2D eigenvalue weighted by Gasteiger charge is -2.50. The number of benzene rings is 2. The molecule has 0 N–H and O–H groups in total. The van der Waals surface area contributed by atoms with Gasteiger partial charge in [-0.1, -0.05) is 31.5 Å². The number of carbonyl (C=O) groups is 2. The molecule has 2 amide bonds. The summed E-state index contributed by atoms with van der Waals surface area (Å²) in [5.41, 5.74) is -4.43. The highest BCUT2D eigenvalue weighted by atomic mass is 32.2. The van der Waals surface area contributed by atoms with E-state index in [1.807, 2.05) is 37.3 Å². The van der Waals surface area contributed by atoms with Crippen molar-refractivity contribution < 1.29 is 40.7 Å². The number of hydrogen-bond acceptors (Lipinski definition) is 5. The van der Waals surface area contributed by atoms with E-state index in [0.29, 0.717) is 32.4 Å². The Balaban J connectivity index is 1.49. The SMILES string of the molecule is CCC[C@H]1N(C(=O)c2cnccc2C(F)(F)F)CCC[C@@]1(Oc1ccc(C(F)(F)F)cc1)C(=O)N1CCC(Sc2ccccc2)CC1. The number of piperidine rings is 2. The maximum Gasteiger partial charge on any atom is 0.417 e. The average Bonchev–Trinajstić information content (AvgIpc) is 3.05. The third-order valence-corrected chi connectivity index (χ3v) is 10.0. The van der Waals surface area contributed by atoms with E-state index in [1.54, 1.807) is 16.7 Å². The zero-order valence-electron chi connectivity index (χ0n) is 25.7. The molecular weight excluding hydrogens is 644 g/mol. The van der Waals surface area contributed by atoms with Crippen LogP contribution < -0.4 is 4.74 Å². The number of thioether (sulfide) groups is 1. The quantitative estimate of drug-likeness (QED) is 0.225. The largest absolute Gasteiger partial charge is 0.475 e. The van der Waals surface area contributed by atoms with E-state index in [4.69, 9.17) is 4.74 Å². The van der Waals surface area contributed by atoms with E-state index in [2.05, 4.69) is 4.98 Å². The lowest BCUT2D eigenvalue weighted by atomic mass is 9.79. The molecule has 3 aromatic rings. The molecule has 2 aliphatic rings. The first kappa shape index (κ1) is 34.6. The number of alkyl halides is 6. The number of halogens is 6. The minimum Gasteiger partial charge on any atom is -0.475 e. The van der Waals surface area contributed by atoms with Crippen LogP contribution in [0.15, 0.2) is 78.0 Å². The van der Waals surface area contributed by atoms with Crippen molar-refractivity contribution in [1.82, 2.24) is 14.8 Å². The van der Waals surface area contributed by atoms with Gasteiger partial charge < -0.3 is 14.5 Å². The van der Waals surface area contributed by atoms with Crippen molar-refractivity contribution in [2.45, 2.75) is 79.6 Å². The molecule has 0 spiro atoms. The van der Waals surface area contributed by atoms with Crippen LogP contribution in [0, 0.1) is 0 Å². The second kappa shape index (κ2) is 14.2. The van der Waals surface area contributed by atoms with E-state index in [-0.39, 0.29) is 36.8 Å². The van der Waals surface area contributed by atoms with Crippen molar-refractivity contribution in [3.63, 3.8) is 0 Å². The predicted octanol–water partition coefficient (Wildman–Crippen LogP) is 8.13. The van der Waals surface area contributed by atoms with Crippen molar-refractivity contribution in [3.8, 4) is 5.75 Å². The Morgan fingerprint density at radius 3 is 2.23 bits per heavy atom. The van der Waals surface area contributed by atoms with E-state index >= 15 is 0 Å². The molecule has 47 heavy (non-hydrogen) atoms. The van der Waals surface area contributed by atoms with Crippen LogP contribution in [-0.2, 0) is 17.1 Å². The van der Waals surface area contributed by atoms with Crippen LogP contribution in [0.4, 0.5) is 26.3 Å². The third-order valence-electron chi connectivity index (χ3n) is 8.66. The van der Waals surface area contributed by atoms with Gasteiger partial charge in [-0.3, -0.25) is 14.6 Å². The van der Waals surface area contributed by atoms with Gasteiger partial charge in [0.2, 0.25) is 5.60 Å². The molecule has 5 rings (SSSR count). The summed E-state index contributed by atoms with van der Waals surface area (Å²) >= 11 is 1.72. The van der Waals surface area contributed by atoms with Crippen LogP contribution in [0.25, 0.3) is 0 Å². The fourth-order valence-electron chi connectivity index (χ4n) is 6.43. The summed E-state index contributed by atoms with van der Waals surface area (Å²) in [5.74, 6) is -1.37. The minimum absolute atomic E-state index is 0.00590. The van der Waals surface area contributed by atoms with Gasteiger partial charge in [-0.25, -0.2) is 0 Å². The van der Waals surface area contributed by atoms with Gasteiger partial charge >= 0.3 is 12.4 Å². The normalized spacial score (nSPS) is 21.0. The fraction of sp³-hybridized carbons (Fsp3) is 0.441.